The van der Waals surface area contributed by atoms with Crippen molar-refractivity contribution in [1.82, 2.24) is 19.6 Å². The third-order valence-electron chi connectivity index (χ3n) is 5.25. The van der Waals surface area contributed by atoms with Crippen LogP contribution in [0.15, 0.2) is 18.5 Å². The minimum Gasteiger partial charge on any atom is -0.493 e. The summed E-state index contributed by atoms with van der Waals surface area (Å²) < 4.78 is 37.0. The number of rotatable bonds is 6. The van der Waals surface area contributed by atoms with Crippen LogP contribution in [-0.4, -0.2) is 37.9 Å². The summed E-state index contributed by atoms with van der Waals surface area (Å²) in [5, 5.41) is 13.1. The molecular weight excluding hydrogens is 402 g/mol. The Labute approximate surface area is 171 Å². The quantitative estimate of drug-likeness (QED) is 0.466. The van der Waals surface area contributed by atoms with E-state index in [2.05, 4.69) is 15.1 Å². The molecule has 1 aliphatic rings. The molecule has 0 radical (unpaired) electrons. The summed E-state index contributed by atoms with van der Waals surface area (Å²) in [4.78, 5) is 8.29. The second kappa shape index (κ2) is 8.59. The smallest absolute Gasteiger partial charge is 0.253 e. The maximum Gasteiger partial charge on any atom is 0.253 e. The predicted octanol–water partition coefficient (Wildman–Crippen LogP) is 4.53. The van der Waals surface area contributed by atoms with E-state index in [1.165, 1.54) is 6.33 Å². The lowest BCUT2D eigenvalue weighted by Gasteiger charge is -2.25. The Bertz CT molecular complexity index is 998. The van der Waals surface area contributed by atoms with Crippen LogP contribution in [0.1, 0.15) is 50.1 Å². The molecule has 6 nitrogen and oxygen atoms in total. The van der Waals surface area contributed by atoms with E-state index in [9.17, 15) is 0 Å². The van der Waals surface area contributed by atoms with Crippen molar-refractivity contribution in [1.29, 1.82) is 0 Å². The Morgan fingerprint density at radius 3 is 2.55 bits per heavy atom. The van der Waals surface area contributed by atoms with E-state index in [0.717, 1.165) is 44.2 Å². The van der Waals surface area contributed by atoms with E-state index in [0.29, 0.717) is 17.9 Å². The highest BCUT2D eigenvalue weighted by Crippen LogP contribution is 2.42. The standard InChI is InChI=1S/C20H21ClF2N4O2/c21-19-17(16-14(22)9-13(10-15(16)23)29-8-4-7-28)18(12-5-2-1-3-6-12)27-20(26-19)24-11-25-27/h9-12,28H,1-8H2. The molecule has 2 aromatic heterocycles. The van der Waals surface area contributed by atoms with Crippen molar-refractivity contribution in [2.24, 2.45) is 0 Å². The molecule has 1 N–H and O–H groups in total. The van der Waals surface area contributed by atoms with Gasteiger partial charge in [-0.3, -0.25) is 0 Å². The number of halogens is 3. The summed E-state index contributed by atoms with van der Waals surface area (Å²) in [6.07, 6.45) is 6.69. The molecule has 0 saturated heterocycles. The molecule has 0 aliphatic heterocycles. The van der Waals surface area contributed by atoms with Crippen molar-refractivity contribution in [2.45, 2.75) is 44.4 Å². The highest BCUT2D eigenvalue weighted by molar-refractivity contribution is 6.32. The van der Waals surface area contributed by atoms with Gasteiger partial charge in [-0.1, -0.05) is 30.9 Å². The van der Waals surface area contributed by atoms with Crippen LogP contribution in [0.25, 0.3) is 16.9 Å². The molecule has 154 valence electrons. The first kappa shape index (κ1) is 20.0. The van der Waals surface area contributed by atoms with Gasteiger partial charge in [-0.25, -0.2) is 13.3 Å². The number of hydrogen-bond acceptors (Lipinski definition) is 5. The number of fused-ring (bicyclic) bond motifs is 1. The third kappa shape index (κ3) is 3.91. The Morgan fingerprint density at radius 2 is 1.86 bits per heavy atom. The van der Waals surface area contributed by atoms with E-state index >= 15 is 8.78 Å². The fraction of sp³-hybridized carbons (Fsp3) is 0.450. The van der Waals surface area contributed by atoms with Gasteiger partial charge in [0.05, 0.1) is 17.9 Å². The number of aromatic nitrogens is 4. The Hall–Kier alpha value is -2.32. The van der Waals surface area contributed by atoms with Gasteiger partial charge in [0.25, 0.3) is 5.78 Å². The minimum atomic E-state index is -0.788. The van der Waals surface area contributed by atoms with Gasteiger partial charge in [0.15, 0.2) is 0 Å². The Balaban J connectivity index is 1.86. The molecule has 1 aliphatic carbocycles. The van der Waals surface area contributed by atoms with Crippen molar-refractivity contribution in [3.05, 3.63) is 40.9 Å². The molecule has 9 heteroatoms. The molecule has 0 atom stereocenters. The maximum absolute atomic E-state index is 15.1. The number of hydrogen-bond donors (Lipinski definition) is 1. The SMILES string of the molecule is OCCCOc1cc(F)c(-c2c(Cl)nc3ncnn3c2C2CCCCC2)c(F)c1. The van der Waals surface area contributed by atoms with Crippen LogP contribution in [0.3, 0.4) is 0 Å². The molecule has 3 aromatic rings. The average molecular weight is 423 g/mol. The number of aliphatic hydroxyl groups excluding tert-OH is 1. The summed E-state index contributed by atoms with van der Waals surface area (Å²) in [6, 6.07) is 2.25. The zero-order valence-electron chi connectivity index (χ0n) is 15.7. The van der Waals surface area contributed by atoms with E-state index in [-0.39, 0.29) is 41.2 Å². The van der Waals surface area contributed by atoms with E-state index < -0.39 is 11.6 Å². The topological polar surface area (TPSA) is 72.5 Å². The monoisotopic (exact) mass is 422 g/mol. The predicted molar refractivity (Wildman–Crippen MR) is 104 cm³/mol. The molecule has 1 fully saturated rings. The molecule has 0 unspecified atom stereocenters. The minimum absolute atomic E-state index is 0.00202. The lowest BCUT2D eigenvalue weighted by atomic mass is 9.84. The van der Waals surface area contributed by atoms with Crippen molar-refractivity contribution in [2.75, 3.05) is 13.2 Å². The third-order valence-corrected chi connectivity index (χ3v) is 5.52. The molecule has 1 aromatic carbocycles. The average Bonchev–Trinajstić information content (AvgIpc) is 3.16. The molecule has 4 rings (SSSR count). The lowest BCUT2D eigenvalue weighted by molar-refractivity contribution is 0.233. The zero-order chi connectivity index (χ0) is 20.4. The van der Waals surface area contributed by atoms with Crippen LogP contribution >= 0.6 is 11.6 Å². The molecule has 2 heterocycles. The normalized spacial score (nSPS) is 15.2. The second-order valence-corrected chi connectivity index (χ2v) is 7.52. The second-order valence-electron chi connectivity index (χ2n) is 7.16. The van der Waals surface area contributed by atoms with E-state index in [4.69, 9.17) is 21.4 Å². The van der Waals surface area contributed by atoms with Gasteiger partial charge in [-0.2, -0.15) is 15.1 Å². The number of benzene rings is 1. The van der Waals surface area contributed by atoms with Crippen LogP contribution in [0.2, 0.25) is 5.15 Å². The maximum atomic E-state index is 15.1. The van der Waals surface area contributed by atoms with Gasteiger partial charge < -0.3 is 9.84 Å². The molecule has 29 heavy (non-hydrogen) atoms. The van der Waals surface area contributed by atoms with Crippen molar-refractivity contribution < 1.29 is 18.6 Å². The fourth-order valence-corrected chi connectivity index (χ4v) is 4.21. The molecule has 0 amide bonds. The van der Waals surface area contributed by atoms with Crippen LogP contribution in [0, 0.1) is 11.6 Å². The Morgan fingerprint density at radius 1 is 1.14 bits per heavy atom. The number of aliphatic hydroxyl groups is 1. The highest BCUT2D eigenvalue weighted by Gasteiger charge is 2.29. The molecule has 0 spiro atoms. The van der Waals surface area contributed by atoms with Crippen LogP contribution < -0.4 is 4.74 Å². The first-order valence-corrected chi connectivity index (χ1v) is 10.1. The van der Waals surface area contributed by atoms with Gasteiger partial charge in [0, 0.05) is 36.6 Å². The summed E-state index contributed by atoms with van der Waals surface area (Å²) in [6.45, 7) is 0.0995. The van der Waals surface area contributed by atoms with Gasteiger partial charge in [0.2, 0.25) is 0 Å². The van der Waals surface area contributed by atoms with Crippen molar-refractivity contribution in [3.8, 4) is 16.9 Å². The van der Waals surface area contributed by atoms with Gasteiger partial charge in [0.1, 0.15) is 28.9 Å². The van der Waals surface area contributed by atoms with Gasteiger partial charge in [-0.15, -0.1) is 0 Å². The zero-order valence-corrected chi connectivity index (χ0v) is 16.5. The highest BCUT2D eigenvalue weighted by atomic mass is 35.5. The molecular formula is C20H21ClF2N4O2. The molecule has 1 saturated carbocycles. The van der Waals surface area contributed by atoms with Gasteiger partial charge >= 0.3 is 0 Å². The summed E-state index contributed by atoms with van der Waals surface area (Å²) >= 11 is 6.42. The van der Waals surface area contributed by atoms with Crippen LogP contribution in [-0.2, 0) is 0 Å². The number of nitrogens with zero attached hydrogens (tertiary/aromatic N) is 4. The van der Waals surface area contributed by atoms with Crippen molar-refractivity contribution in [3.63, 3.8) is 0 Å². The molecule has 0 bridgehead atoms. The van der Waals surface area contributed by atoms with Crippen LogP contribution in [0.5, 0.6) is 5.75 Å². The summed E-state index contributed by atoms with van der Waals surface area (Å²) in [5.74, 6) is -1.15. The van der Waals surface area contributed by atoms with E-state index in [1.807, 2.05) is 0 Å². The van der Waals surface area contributed by atoms with Crippen molar-refractivity contribution >= 4 is 17.4 Å². The summed E-state index contributed by atoms with van der Waals surface area (Å²) in [7, 11) is 0. The van der Waals surface area contributed by atoms with Crippen LogP contribution in [0.4, 0.5) is 8.78 Å². The summed E-state index contributed by atoms with van der Waals surface area (Å²) in [5.41, 5.74) is 0.618. The Kier molecular flexibility index (Phi) is 5.91. The first-order chi connectivity index (χ1) is 14.1. The fourth-order valence-electron chi connectivity index (χ4n) is 3.95. The van der Waals surface area contributed by atoms with Gasteiger partial charge in [-0.05, 0) is 12.8 Å². The van der Waals surface area contributed by atoms with E-state index in [1.54, 1.807) is 4.52 Å². The number of ether oxygens (including phenoxy) is 1. The largest absolute Gasteiger partial charge is 0.493 e. The lowest BCUT2D eigenvalue weighted by Crippen LogP contribution is -2.14. The first-order valence-electron chi connectivity index (χ1n) is 9.72.